The summed E-state index contributed by atoms with van der Waals surface area (Å²) in [5, 5.41) is 8.36. The molecule has 5 aromatic carbocycles. The van der Waals surface area contributed by atoms with Crippen molar-refractivity contribution in [1.29, 1.82) is 0 Å². The van der Waals surface area contributed by atoms with Gasteiger partial charge in [-0.05, 0) is 72.1 Å². The first-order chi connectivity index (χ1) is 21.8. The number of para-hydroxylation sites is 1. The highest BCUT2D eigenvalue weighted by molar-refractivity contribution is 7.26. The van der Waals surface area contributed by atoms with Gasteiger partial charge in [-0.1, -0.05) is 42.5 Å². The molecule has 6 heteroatoms. The molecule has 0 saturated heterocycles. The first-order valence-corrected chi connectivity index (χ1v) is 15.4. The molecule has 0 saturated carbocycles. The molecule has 5 heterocycles. The third-order valence-corrected chi connectivity index (χ3v) is 9.80. The Kier molecular flexibility index (Phi) is 4.81. The molecule has 44 heavy (non-hydrogen) atoms. The number of benzene rings is 5. The highest BCUT2D eigenvalue weighted by Crippen LogP contribution is 2.43. The van der Waals surface area contributed by atoms with Crippen LogP contribution in [-0.4, -0.2) is 18.9 Å². The number of imidazole rings is 1. The van der Waals surface area contributed by atoms with Gasteiger partial charge in [-0.2, -0.15) is 0 Å². The molecule has 0 aliphatic heterocycles. The lowest BCUT2D eigenvalue weighted by molar-refractivity contribution is 0.483. The van der Waals surface area contributed by atoms with Crippen LogP contribution in [0.2, 0.25) is 0 Å². The summed E-state index contributed by atoms with van der Waals surface area (Å²) in [7, 11) is 0. The maximum Gasteiger partial charge on any atom is 0.145 e. The number of fused-ring (bicyclic) bond motifs is 13. The van der Waals surface area contributed by atoms with Crippen molar-refractivity contribution in [2.75, 3.05) is 0 Å². The lowest BCUT2D eigenvalue weighted by Gasteiger charge is -2.12. The molecule has 0 aliphatic carbocycles. The van der Waals surface area contributed by atoms with E-state index in [1.165, 1.54) is 30.9 Å². The average Bonchev–Trinajstić information content (AvgIpc) is 3.79. The molecule has 0 N–H and O–H groups in total. The van der Waals surface area contributed by atoms with Crippen LogP contribution in [0.4, 0.5) is 0 Å². The highest BCUT2D eigenvalue weighted by atomic mass is 32.1. The number of aromatic nitrogens is 4. The van der Waals surface area contributed by atoms with Gasteiger partial charge in [0.2, 0.25) is 0 Å². The number of ether oxygens (including phenoxy) is 1. The standard InChI is InChI=1S/C38H22N4OS/c1-3-12-31-27(9-1)26-15-14-25(22-30(26)37-40-19-20-41(31)37)43-24-8-5-7-23(21-24)42-32-16-17-34-36(28-10-2-4-13-33(28)44-34)35(32)29-11-6-18-39-38(29)42/h1-22H. The summed E-state index contributed by atoms with van der Waals surface area (Å²) in [6, 6.07) is 40.3. The smallest absolute Gasteiger partial charge is 0.145 e. The van der Waals surface area contributed by atoms with Gasteiger partial charge in [-0.15, -0.1) is 11.3 Å². The summed E-state index contributed by atoms with van der Waals surface area (Å²) in [5.74, 6) is 1.52. The van der Waals surface area contributed by atoms with Crippen LogP contribution in [0.15, 0.2) is 134 Å². The van der Waals surface area contributed by atoms with E-state index in [-0.39, 0.29) is 0 Å². The SMILES string of the molecule is c1cc(Oc2ccc3c4ccccc4n4ccnc4c3c2)cc(-n2c3ccc4sc5ccccc5c4c3c3cccnc32)c1. The van der Waals surface area contributed by atoms with Crippen LogP contribution in [0.1, 0.15) is 0 Å². The Morgan fingerprint density at radius 3 is 2.34 bits per heavy atom. The van der Waals surface area contributed by atoms with Crippen molar-refractivity contribution in [3.8, 4) is 17.2 Å². The fourth-order valence-corrected chi connectivity index (χ4v) is 7.96. The Labute approximate surface area is 254 Å². The number of pyridine rings is 2. The topological polar surface area (TPSA) is 44.4 Å². The fraction of sp³-hybridized carbons (Fsp3) is 0. The predicted molar refractivity (Wildman–Crippen MR) is 182 cm³/mol. The second kappa shape index (κ2) is 8.89. The summed E-state index contributed by atoms with van der Waals surface area (Å²) in [5.41, 5.74) is 5.12. The zero-order valence-electron chi connectivity index (χ0n) is 23.3. The van der Waals surface area contributed by atoms with Crippen LogP contribution in [-0.2, 0) is 0 Å². The number of thiophene rings is 1. The molecule has 10 aromatic rings. The van der Waals surface area contributed by atoms with Gasteiger partial charge in [-0.3, -0.25) is 8.97 Å². The monoisotopic (exact) mass is 582 g/mol. The average molecular weight is 583 g/mol. The van der Waals surface area contributed by atoms with E-state index in [0.717, 1.165) is 55.7 Å². The summed E-state index contributed by atoms with van der Waals surface area (Å²) < 4.78 is 13.5. The van der Waals surface area contributed by atoms with Gasteiger partial charge in [0.05, 0.1) is 16.7 Å². The Hall–Kier alpha value is -5.72. The molecule has 5 nitrogen and oxygen atoms in total. The molecule has 0 amide bonds. The first-order valence-electron chi connectivity index (χ1n) is 14.6. The van der Waals surface area contributed by atoms with Gasteiger partial charge in [0, 0.05) is 66.4 Å². The molecule has 0 radical (unpaired) electrons. The maximum atomic E-state index is 6.53. The normalized spacial score (nSPS) is 12.1. The number of hydrogen-bond acceptors (Lipinski definition) is 4. The van der Waals surface area contributed by atoms with E-state index in [1.807, 2.05) is 54.2 Å². The Bertz CT molecular complexity index is 2770. The zero-order valence-corrected chi connectivity index (χ0v) is 24.1. The summed E-state index contributed by atoms with van der Waals surface area (Å²) >= 11 is 1.84. The Morgan fingerprint density at radius 1 is 0.523 bits per heavy atom. The van der Waals surface area contributed by atoms with E-state index in [2.05, 4.69) is 105 Å². The molecule has 10 rings (SSSR count). The number of hydrogen-bond donors (Lipinski definition) is 0. The number of nitrogens with zero attached hydrogens (tertiary/aromatic N) is 4. The molecule has 206 valence electrons. The van der Waals surface area contributed by atoms with E-state index in [1.54, 1.807) is 0 Å². The van der Waals surface area contributed by atoms with Gasteiger partial charge >= 0.3 is 0 Å². The molecule has 0 atom stereocenters. The Morgan fingerprint density at radius 2 is 1.36 bits per heavy atom. The minimum Gasteiger partial charge on any atom is -0.457 e. The molecule has 0 unspecified atom stereocenters. The summed E-state index contributed by atoms with van der Waals surface area (Å²) in [4.78, 5) is 9.56. The zero-order chi connectivity index (χ0) is 28.8. The lowest BCUT2D eigenvalue weighted by atomic mass is 10.1. The van der Waals surface area contributed by atoms with Crippen LogP contribution in [0.5, 0.6) is 11.5 Å². The van der Waals surface area contributed by atoms with Crippen LogP contribution in [0.3, 0.4) is 0 Å². The van der Waals surface area contributed by atoms with Crippen molar-refractivity contribution in [1.82, 2.24) is 18.9 Å². The van der Waals surface area contributed by atoms with Gasteiger partial charge in [-0.25, -0.2) is 9.97 Å². The van der Waals surface area contributed by atoms with Crippen molar-refractivity contribution in [2.45, 2.75) is 0 Å². The van der Waals surface area contributed by atoms with Crippen molar-refractivity contribution in [3.63, 3.8) is 0 Å². The van der Waals surface area contributed by atoms with Crippen LogP contribution in [0, 0.1) is 0 Å². The van der Waals surface area contributed by atoms with E-state index in [9.17, 15) is 0 Å². The Balaban J connectivity index is 1.14. The van der Waals surface area contributed by atoms with E-state index >= 15 is 0 Å². The maximum absolute atomic E-state index is 6.53. The minimum absolute atomic E-state index is 0.759. The molecular formula is C38H22N4OS. The van der Waals surface area contributed by atoms with Crippen molar-refractivity contribution in [2.24, 2.45) is 0 Å². The highest BCUT2D eigenvalue weighted by Gasteiger charge is 2.19. The van der Waals surface area contributed by atoms with Crippen LogP contribution < -0.4 is 4.74 Å². The molecule has 5 aromatic heterocycles. The van der Waals surface area contributed by atoms with E-state index < -0.39 is 0 Å². The first kappa shape index (κ1) is 23.8. The second-order valence-electron chi connectivity index (χ2n) is 11.1. The molecular weight excluding hydrogens is 561 g/mol. The molecule has 0 fully saturated rings. The van der Waals surface area contributed by atoms with Crippen LogP contribution >= 0.6 is 11.3 Å². The second-order valence-corrected chi connectivity index (χ2v) is 12.2. The third kappa shape index (κ3) is 3.28. The molecule has 0 aliphatic rings. The van der Waals surface area contributed by atoms with Gasteiger partial charge in [0.25, 0.3) is 0 Å². The molecule has 0 bridgehead atoms. The van der Waals surface area contributed by atoms with Gasteiger partial charge in [0.15, 0.2) is 0 Å². The largest absolute Gasteiger partial charge is 0.457 e. The van der Waals surface area contributed by atoms with Crippen molar-refractivity contribution < 1.29 is 4.74 Å². The van der Waals surface area contributed by atoms with Crippen LogP contribution in [0.25, 0.3) is 75.1 Å². The van der Waals surface area contributed by atoms with Gasteiger partial charge < -0.3 is 4.74 Å². The van der Waals surface area contributed by atoms with E-state index in [4.69, 9.17) is 9.72 Å². The third-order valence-electron chi connectivity index (χ3n) is 8.67. The van der Waals surface area contributed by atoms with Crippen molar-refractivity contribution >= 4 is 80.8 Å². The number of rotatable bonds is 3. The van der Waals surface area contributed by atoms with E-state index in [0.29, 0.717) is 0 Å². The predicted octanol–water partition coefficient (Wildman–Crippen LogP) is 10.3. The van der Waals surface area contributed by atoms with Gasteiger partial charge in [0.1, 0.15) is 22.8 Å². The van der Waals surface area contributed by atoms with Crippen molar-refractivity contribution in [3.05, 3.63) is 134 Å². The lowest BCUT2D eigenvalue weighted by Crippen LogP contribution is -1.96. The summed E-state index contributed by atoms with van der Waals surface area (Å²) in [6.45, 7) is 0. The minimum atomic E-state index is 0.759. The quantitative estimate of drug-likeness (QED) is 0.195. The summed E-state index contributed by atoms with van der Waals surface area (Å²) in [6.07, 6.45) is 5.74. The molecule has 0 spiro atoms. The fourth-order valence-electron chi connectivity index (χ4n) is 6.85.